The lowest BCUT2D eigenvalue weighted by molar-refractivity contribution is -0.142. The van der Waals surface area contributed by atoms with E-state index < -0.39 is 26.8 Å². The average Bonchev–Trinajstić information content (AvgIpc) is 3.50. The highest BCUT2D eigenvalue weighted by molar-refractivity contribution is 7.94. The highest BCUT2D eigenvalue weighted by atomic mass is 32.2. The fourth-order valence-corrected chi connectivity index (χ4v) is 7.26. The van der Waals surface area contributed by atoms with Crippen LogP contribution in [-0.4, -0.2) is 91.6 Å². The zero-order valence-electron chi connectivity index (χ0n) is 24.7. The molecule has 0 radical (unpaired) electrons. The second-order valence-corrected chi connectivity index (χ2v) is 13.7. The zero-order valence-corrected chi connectivity index (χ0v) is 25.5. The SMILES string of the molecule is CC.CCn1nnc2cnc(N3CC(C)(C)c4c3ncnc4N3C[C@@H](C)N(C(=O)[C@@]4(F)CCS4(=O)=O)C[C@@H]3C)cc21. The van der Waals surface area contributed by atoms with E-state index in [0.29, 0.717) is 19.6 Å². The van der Waals surface area contributed by atoms with Gasteiger partial charge in [0.25, 0.3) is 10.9 Å². The van der Waals surface area contributed by atoms with Crippen LogP contribution in [0.25, 0.3) is 11.0 Å². The summed E-state index contributed by atoms with van der Waals surface area (Å²) in [5, 5.41) is 5.57. The fraction of sp³-hybridized carbons (Fsp3) is 0.630. The van der Waals surface area contributed by atoms with Gasteiger partial charge in [-0.05, 0) is 20.8 Å². The zero-order chi connectivity index (χ0) is 29.9. The van der Waals surface area contributed by atoms with Gasteiger partial charge in [0.1, 0.15) is 29.3 Å². The number of piperazine rings is 1. The van der Waals surface area contributed by atoms with Crippen LogP contribution in [0.3, 0.4) is 0 Å². The van der Waals surface area contributed by atoms with Crippen molar-refractivity contribution < 1.29 is 17.6 Å². The molecule has 0 unspecified atom stereocenters. The number of nitrogens with zero attached hydrogens (tertiary/aromatic N) is 9. The molecule has 12 nitrogen and oxygen atoms in total. The lowest BCUT2D eigenvalue weighted by Crippen LogP contribution is -2.66. The third-order valence-corrected chi connectivity index (χ3v) is 10.4. The summed E-state index contributed by atoms with van der Waals surface area (Å²) in [6.45, 7) is 15.9. The van der Waals surface area contributed by atoms with Gasteiger partial charge in [0.05, 0.1) is 17.5 Å². The standard InChI is InChI=1S/C25H32FN9O3S.C2H6/c1-6-35-18-9-19(27-10-17(18)30-31-35)34-13-24(4,5)20-21(28-14-29-22(20)34)32-11-16(3)33(12-15(32)2)23(36)25(26)7-8-39(25,37)38;1-2/h9-10,14-16H,6-8,11-13H2,1-5H3;1-2H3/t15-,16+,25+;/m0./s1. The average molecular weight is 588 g/mol. The van der Waals surface area contributed by atoms with E-state index in [2.05, 4.69) is 43.9 Å². The molecule has 14 heteroatoms. The van der Waals surface area contributed by atoms with Crippen molar-refractivity contribution in [3.8, 4) is 0 Å². The summed E-state index contributed by atoms with van der Waals surface area (Å²) in [6.07, 6.45) is 2.97. The van der Waals surface area contributed by atoms with Crippen LogP contribution in [-0.2, 0) is 26.6 Å². The van der Waals surface area contributed by atoms with Crippen molar-refractivity contribution in [2.24, 2.45) is 0 Å². The van der Waals surface area contributed by atoms with Crippen molar-refractivity contribution >= 4 is 44.2 Å². The molecule has 0 aromatic carbocycles. The Balaban J connectivity index is 0.00000165. The van der Waals surface area contributed by atoms with Gasteiger partial charge < -0.3 is 14.7 Å². The maximum Gasteiger partial charge on any atom is 0.288 e. The van der Waals surface area contributed by atoms with Crippen molar-refractivity contribution in [3.63, 3.8) is 0 Å². The van der Waals surface area contributed by atoms with Crippen molar-refractivity contribution in [2.75, 3.05) is 35.2 Å². The topological polar surface area (TPSA) is 130 Å². The number of hydrogen-bond donors (Lipinski definition) is 0. The molecule has 2 fully saturated rings. The second-order valence-electron chi connectivity index (χ2n) is 11.4. The monoisotopic (exact) mass is 587 g/mol. The Morgan fingerprint density at radius 2 is 1.80 bits per heavy atom. The van der Waals surface area contributed by atoms with Gasteiger partial charge in [-0.25, -0.2) is 32.4 Å². The molecule has 0 saturated carbocycles. The molecule has 3 aromatic rings. The molecule has 3 aliphatic heterocycles. The molecular weight excluding hydrogens is 549 g/mol. The molecule has 222 valence electrons. The van der Waals surface area contributed by atoms with Crippen LogP contribution < -0.4 is 9.80 Å². The summed E-state index contributed by atoms with van der Waals surface area (Å²) < 4.78 is 41.1. The minimum atomic E-state index is -4.06. The normalized spacial score (nSPS) is 26.3. The molecule has 0 bridgehead atoms. The molecule has 0 N–H and O–H groups in total. The van der Waals surface area contributed by atoms with Crippen LogP contribution in [0, 0.1) is 0 Å². The molecule has 3 atom stereocenters. The number of pyridine rings is 1. The maximum absolute atomic E-state index is 15.2. The number of hydrogen-bond acceptors (Lipinski definition) is 10. The lowest BCUT2D eigenvalue weighted by atomic mass is 9.87. The number of amides is 1. The van der Waals surface area contributed by atoms with Crippen LogP contribution in [0.15, 0.2) is 18.6 Å². The fourth-order valence-electron chi connectivity index (χ4n) is 5.98. The predicted molar refractivity (Wildman–Crippen MR) is 155 cm³/mol. The molecular formula is C27H38FN9O3S. The van der Waals surface area contributed by atoms with Crippen molar-refractivity contribution in [1.29, 1.82) is 0 Å². The van der Waals surface area contributed by atoms with E-state index >= 15 is 4.39 Å². The smallest absolute Gasteiger partial charge is 0.288 e. The summed E-state index contributed by atoms with van der Waals surface area (Å²) in [7, 11) is -4.06. The van der Waals surface area contributed by atoms with Crippen LogP contribution in [0.4, 0.5) is 21.8 Å². The third-order valence-electron chi connectivity index (χ3n) is 8.28. The van der Waals surface area contributed by atoms with Crippen LogP contribution in [0.5, 0.6) is 0 Å². The van der Waals surface area contributed by atoms with E-state index in [1.807, 2.05) is 45.4 Å². The number of sulfone groups is 1. The number of aryl methyl sites for hydroxylation is 1. The van der Waals surface area contributed by atoms with Gasteiger partial charge in [0.2, 0.25) is 0 Å². The van der Waals surface area contributed by atoms with E-state index in [1.54, 1.807) is 6.20 Å². The quantitative estimate of drug-likeness (QED) is 0.449. The van der Waals surface area contributed by atoms with Gasteiger partial charge in [-0.3, -0.25) is 4.79 Å². The minimum Gasteiger partial charge on any atom is -0.350 e. The van der Waals surface area contributed by atoms with E-state index in [0.717, 1.165) is 34.1 Å². The second kappa shape index (κ2) is 10.1. The highest BCUT2D eigenvalue weighted by Gasteiger charge is 2.61. The summed E-state index contributed by atoms with van der Waals surface area (Å²) in [5.41, 5.74) is 2.26. The first-order valence-corrected chi connectivity index (χ1v) is 15.8. The van der Waals surface area contributed by atoms with Crippen molar-refractivity contribution in [2.45, 2.75) is 83.9 Å². The summed E-state index contributed by atoms with van der Waals surface area (Å²) >= 11 is 0. The Bertz CT molecular complexity index is 1590. The molecule has 6 rings (SSSR count). The summed E-state index contributed by atoms with van der Waals surface area (Å²) in [6, 6.07) is 1.34. The third kappa shape index (κ3) is 4.41. The number of carbonyl (C=O) groups is 1. The Hall–Kier alpha value is -3.42. The van der Waals surface area contributed by atoms with Gasteiger partial charge >= 0.3 is 0 Å². The highest BCUT2D eigenvalue weighted by Crippen LogP contribution is 2.47. The number of carbonyl (C=O) groups excluding carboxylic acids is 1. The summed E-state index contributed by atoms with van der Waals surface area (Å²) in [5.74, 6) is 1.01. The van der Waals surface area contributed by atoms with Gasteiger partial charge in [0, 0.05) is 61.7 Å². The van der Waals surface area contributed by atoms with Gasteiger partial charge in [0.15, 0.2) is 9.84 Å². The van der Waals surface area contributed by atoms with E-state index in [4.69, 9.17) is 4.98 Å². The predicted octanol–water partition coefficient (Wildman–Crippen LogP) is 3.00. The summed E-state index contributed by atoms with van der Waals surface area (Å²) in [4.78, 5) is 32.6. The van der Waals surface area contributed by atoms with Crippen LogP contribution >= 0.6 is 0 Å². The number of alkyl halides is 1. The van der Waals surface area contributed by atoms with Crippen molar-refractivity contribution in [1.82, 2.24) is 34.8 Å². The van der Waals surface area contributed by atoms with Crippen LogP contribution in [0.2, 0.25) is 0 Å². The van der Waals surface area contributed by atoms with Gasteiger partial charge in [-0.15, -0.1) is 5.10 Å². The Kier molecular flexibility index (Phi) is 7.19. The molecule has 0 spiro atoms. The molecule has 6 heterocycles. The van der Waals surface area contributed by atoms with Gasteiger partial charge in [-0.1, -0.05) is 32.9 Å². The molecule has 1 amide bonds. The Morgan fingerprint density at radius 1 is 1.10 bits per heavy atom. The van der Waals surface area contributed by atoms with Gasteiger partial charge in [-0.2, -0.15) is 0 Å². The molecule has 0 aliphatic carbocycles. The number of anilines is 3. The minimum absolute atomic E-state index is 0.191. The first-order chi connectivity index (χ1) is 19.4. The Labute approximate surface area is 239 Å². The lowest BCUT2D eigenvalue weighted by Gasteiger charge is -2.47. The van der Waals surface area contributed by atoms with Crippen molar-refractivity contribution in [3.05, 3.63) is 24.2 Å². The Morgan fingerprint density at radius 3 is 2.44 bits per heavy atom. The molecule has 3 aromatic heterocycles. The van der Waals surface area contributed by atoms with E-state index in [9.17, 15) is 13.2 Å². The number of rotatable bonds is 4. The van der Waals surface area contributed by atoms with E-state index in [1.165, 1.54) is 11.2 Å². The maximum atomic E-state index is 15.2. The largest absolute Gasteiger partial charge is 0.350 e. The number of aromatic nitrogens is 6. The molecule has 2 saturated heterocycles. The number of fused-ring (bicyclic) bond motifs is 2. The van der Waals surface area contributed by atoms with E-state index in [-0.39, 0.29) is 30.2 Å². The van der Waals surface area contributed by atoms with Crippen LogP contribution in [0.1, 0.15) is 60.5 Å². The number of halogens is 1. The first-order valence-electron chi connectivity index (χ1n) is 14.2. The first kappa shape index (κ1) is 29.1. The molecule has 41 heavy (non-hydrogen) atoms. The molecule has 3 aliphatic rings.